The Kier molecular flexibility index (Phi) is 8.41. The quantitative estimate of drug-likeness (QED) is 0.624. The zero-order chi connectivity index (χ0) is 19.7. The lowest BCUT2D eigenvalue weighted by molar-refractivity contribution is -0.140. The van der Waals surface area contributed by atoms with E-state index in [1.807, 2.05) is 13.8 Å². The van der Waals surface area contributed by atoms with Gasteiger partial charge >= 0.3 is 5.97 Å². The summed E-state index contributed by atoms with van der Waals surface area (Å²) in [7, 11) is 2.75. The van der Waals surface area contributed by atoms with E-state index in [4.69, 9.17) is 15.2 Å². The first-order valence-corrected chi connectivity index (χ1v) is 8.23. The van der Waals surface area contributed by atoms with Crippen molar-refractivity contribution >= 4 is 17.8 Å². The van der Waals surface area contributed by atoms with Crippen LogP contribution in [0.25, 0.3) is 0 Å². The van der Waals surface area contributed by atoms with Gasteiger partial charge in [-0.1, -0.05) is 13.8 Å². The molecule has 0 bridgehead atoms. The van der Waals surface area contributed by atoms with Gasteiger partial charge in [-0.25, -0.2) is 0 Å². The molecule has 0 saturated carbocycles. The van der Waals surface area contributed by atoms with E-state index in [2.05, 4.69) is 4.74 Å². The van der Waals surface area contributed by atoms with Crippen LogP contribution < -0.4 is 15.2 Å². The molecule has 1 aromatic rings. The Labute approximate surface area is 153 Å². The van der Waals surface area contributed by atoms with Crippen LogP contribution in [-0.4, -0.2) is 56.6 Å². The van der Waals surface area contributed by atoms with Crippen LogP contribution in [-0.2, 0) is 14.3 Å². The molecule has 8 nitrogen and oxygen atoms in total. The first kappa shape index (κ1) is 21.3. The van der Waals surface area contributed by atoms with Crippen molar-refractivity contribution < 1.29 is 28.6 Å². The monoisotopic (exact) mass is 366 g/mol. The summed E-state index contributed by atoms with van der Waals surface area (Å²) < 4.78 is 15.1. The molecule has 0 heterocycles. The van der Waals surface area contributed by atoms with Gasteiger partial charge in [0.1, 0.15) is 0 Å². The molecule has 1 rings (SSSR count). The van der Waals surface area contributed by atoms with E-state index in [-0.39, 0.29) is 37.4 Å². The summed E-state index contributed by atoms with van der Waals surface area (Å²) in [5, 5.41) is 0. The molecule has 26 heavy (non-hydrogen) atoms. The van der Waals surface area contributed by atoms with Crippen molar-refractivity contribution in [1.29, 1.82) is 0 Å². The number of amides is 2. The number of methoxy groups -OCH3 is 2. The molecule has 0 unspecified atom stereocenters. The van der Waals surface area contributed by atoms with Crippen molar-refractivity contribution in [3.8, 4) is 11.5 Å². The predicted octanol–water partition coefficient (Wildman–Crippen LogP) is 1.22. The minimum Gasteiger partial charge on any atom is -0.493 e. The van der Waals surface area contributed by atoms with Gasteiger partial charge in [0.05, 0.1) is 20.6 Å². The summed E-state index contributed by atoms with van der Waals surface area (Å²) >= 11 is 0. The Morgan fingerprint density at radius 3 is 2.38 bits per heavy atom. The number of hydrogen-bond donors (Lipinski definition) is 1. The Morgan fingerprint density at radius 1 is 1.15 bits per heavy atom. The Balaban J connectivity index is 2.98. The van der Waals surface area contributed by atoms with Crippen molar-refractivity contribution in [2.24, 2.45) is 11.7 Å². The molecular formula is C18H26N2O6. The molecule has 0 spiro atoms. The number of carbonyl (C=O) groups excluding carboxylic acids is 3. The number of esters is 1. The van der Waals surface area contributed by atoms with E-state index in [9.17, 15) is 14.4 Å². The van der Waals surface area contributed by atoms with Crippen LogP contribution in [0.4, 0.5) is 0 Å². The van der Waals surface area contributed by atoms with Crippen molar-refractivity contribution in [2.45, 2.75) is 20.3 Å². The molecule has 0 aliphatic heterocycles. The lowest BCUT2D eigenvalue weighted by atomic mass is 10.1. The minimum absolute atomic E-state index is 0.117. The summed E-state index contributed by atoms with van der Waals surface area (Å²) in [4.78, 5) is 36.7. The Morgan fingerprint density at radius 2 is 1.85 bits per heavy atom. The van der Waals surface area contributed by atoms with E-state index in [0.717, 1.165) is 0 Å². The molecule has 0 aliphatic rings. The van der Waals surface area contributed by atoms with Crippen molar-refractivity contribution in [3.63, 3.8) is 0 Å². The number of benzene rings is 1. The summed E-state index contributed by atoms with van der Waals surface area (Å²) in [5.41, 5.74) is 5.45. The molecule has 0 fully saturated rings. The molecule has 0 atom stereocenters. The second-order valence-electron chi connectivity index (χ2n) is 6.09. The van der Waals surface area contributed by atoms with Gasteiger partial charge in [-0.05, 0) is 24.1 Å². The highest BCUT2D eigenvalue weighted by Gasteiger charge is 2.20. The van der Waals surface area contributed by atoms with Crippen LogP contribution in [0.1, 0.15) is 30.6 Å². The largest absolute Gasteiger partial charge is 0.493 e. The van der Waals surface area contributed by atoms with E-state index >= 15 is 0 Å². The Hall–Kier alpha value is -2.77. The normalized spacial score (nSPS) is 10.3. The number of rotatable bonds is 10. The third-order valence-corrected chi connectivity index (χ3v) is 3.47. The number of primary amides is 1. The summed E-state index contributed by atoms with van der Waals surface area (Å²) in [5.74, 6) is -0.362. The fraction of sp³-hybridized carbons (Fsp3) is 0.500. The van der Waals surface area contributed by atoms with Crippen LogP contribution in [0.15, 0.2) is 18.2 Å². The van der Waals surface area contributed by atoms with Crippen LogP contribution in [0.3, 0.4) is 0 Å². The number of nitrogens with zero attached hydrogens (tertiary/aromatic N) is 1. The number of hydrogen-bond acceptors (Lipinski definition) is 6. The summed E-state index contributed by atoms with van der Waals surface area (Å²) in [6.07, 6.45) is 0.117. The second-order valence-corrected chi connectivity index (χ2v) is 6.09. The van der Waals surface area contributed by atoms with Crippen molar-refractivity contribution in [1.82, 2.24) is 4.90 Å². The first-order valence-electron chi connectivity index (χ1n) is 8.23. The molecule has 0 saturated heterocycles. The lowest BCUT2D eigenvalue weighted by Gasteiger charge is -2.24. The van der Waals surface area contributed by atoms with Gasteiger partial charge in [0.15, 0.2) is 18.1 Å². The summed E-state index contributed by atoms with van der Waals surface area (Å²) in [6.45, 7) is 4.44. The third-order valence-electron chi connectivity index (χ3n) is 3.47. The van der Waals surface area contributed by atoms with Gasteiger partial charge in [-0.3, -0.25) is 14.4 Å². The first-order chi connectivity index (χ1) is 12.3. The molecule has 0 aliphatic carbocycles. The van der Waals surface area contributed by atoms with Crippen LogP contribution in [0, 0.1) is 5.92 Å². The van der Waals surface area contributed by atoms with Gasteiger partial charge in [-0.15, -0.1) is 0 Å². The van der Waals surface area contributed by atoms with Crippen molar-refractivity contribution in [2.75, 3.05) is 33.9 Å². The van der Waals surface area contributed by atoms with Gasteiger partial charge in [0.25, 0.3) is 11.8 Å². The Bertz CT molecular complexity index is 645. The van der Waals surface area contributed by atoms with Gasteiger partial charge in [0, 0.05) is 18.7 Å². The molecule has 1 aromatic carbocycles. The minimum atomic E-state index is -0.613. The molecule has 144 valence electrons. The highest BCUT2D eigenvalue weighted by molar-refractivity contribution is 5.95. The van der Waals surface area contributed by atoms with Crippen LogP contribution in [0.2, 0.25) is 0 Å². The smallest absolute Gasteiger partial charge is 0.307 e. The zero-order valence-corrected chi connectivity index (χ0v) is 15.6. The highest BCUT2D eigenvalue weighted by atomic mass is 16.5. The molecule has 0 aromatic heterocycles. The van der Waals surface area contributed by atoms with Gasteiger partial charge < -0.3 is 24.8 Å². The maximum Gasteiger partial charge on any atom is 0.307 e. The fourth-order valence-corrected chi connectivity index (χ4v) is 2.30. The molecular weight excluding hydrogens is 340 g/mol. The highest BCUT2D eigenvalue weighted by Crippen LogP contribution is 2.28. The zero-order valence-electron chi connectivity index (χ0n) is 15.6. The predicted molar refractivity (Wildman–Crippen MR) is 95.1 cm³/mol. The van der Waals surface area contributed by atoms with E-state index < -0.39 is 5.91 Å². The van der Waals surface area contributed by atoms with E-state index in [1.54, 1.807) is 17.0 Å². The third kappa shape index (κ3) is 6.62. The fourth-order valence-electron chi connectivity index (χ4n) is 2.30. The topological polar surface area (TPSA) is 108 Å². The van der Waals surface area contributed by atoms with E-state index in [0.29, 0.717) is 23.6 Å². The van der Waals surface area contributed by atoms with Crippen LogP contribution >= 0.6 is 0 Å². The SMILES string of the molecule is COC(=O)CCN(CC(C)C)C(=O)c1ccc(OCC(N)=O)c(OC)c1. The van der Waals surface area contributed by atoms with Gasteiger partial charge in [-0.2, -0.15) is 0 Å². The van der Waals surface area contributed by atoms with Crippen LogP contribution in [0.5, 0.6) is 11.5 Å². The number of nitrogens with two attached hydrogens (primary N) is 1. The maximum atomic E-state index is 12.8. The second kappa shape index (κ2) is 10.3. The molecule has 2 amide bonds. The molecule has 8 heteroatoms. The average Bonchev–Trinajstić information content (AvgIpc) is 2.61. The van der Waals surface area contributed by atoms with E-state index in [1.165, 1.54) is 20.3 Å². The lowest BCUT2D eigenvalue weighted by Crippen LogP contribution is -2.36. The number of ether oxygens (including phenoxy) is 3. The number of carbonyl (C=O) groups is 3. The van der Waals surface area contributed by atoms with Crippen molar-refractivity contribution in [3.05, 3.63) is 23.8 Å². The standard InChI is InChI=1S/C18H26N2O6/c1-12(2)10-20(8-7-17(22)25-4)18(23)13-5-6-14(15(9-13)24-3)26-11-16(19)21/h5-6,9,12H,7-8,10-11H2,1-4H3,(H2,19,21). The maximum absolute atomic E-state index is 12.8. The average molecular weight is 366 g/mol. The summed E-state index contributed by atoms with van der Waals surface area (Å²) in [6, 6.07) is 4.65. The molecule has 2 N–H and O–H groups in total. The van der Waals surface area contributed by atoms with Gasteiger partial charge in [0.2, 0.25) is 0 Å². The molecule has 0 radical (unpaired) electrons.